The molecule has 3 rings (SSSR count). The third-order valence-electron chi connectivity index (χ3n) is 3.41. The molecule has 102 valence electrons. The Bertz CT molecular complexity index is 802. The van der Waals surface area contributed by atoms with Crippen LogP contribution in [0.3, 0.4) is 0 Å². The minimum absolute atomic E-state index is 0.00249. The van der Waals surface area contributed by atoms with E-state index in [2.05, 4.69) is 40.5 Å². The van der Waals surface area contributed by atoms with Crippen molar-refractivity contribution in [2.45, 2.75) is 18.2 Å². The molecule has 3 aromatic rings. The van der Waals surface area contributed by atoms with E-state index in [0.717, 1.165) is 16.8 Å². The van der Waals surface area contributed by atoms with Gasteiger partial charge in [-0.1, -0.05) is 12.1 Å². The molecule has 0 atom stereocenters. The summed E-state index contributed by atoms with van der Waals surface area (Å²) in [6.07, 6.45) is 6.00. The number of rotatable bonds is 3. The lowest BCUT2D eigenvalue weighted by atomic mass is 10.1. The number of H-pyrrole nitrogens is 1. The fourth-order valence-electron chi connectivity index (χ4n) is 2.26. The summed E-state index contributed by atoms with van der Waals surface area (Å²) in [6.45, 7) is 1.92. The first kappa shape index (κ1) is 13.0. The molecule has 0 aliphatic heterocycles. The van der Waals surface area contributed by atoms with Crippen molar-refractivity contribution >= 4 is 17.5 Å². The van der Waals surface area contributed by atoms with Gasteiger partial charge in [0.05, 0.1) is 0 Å². The molecule has 1 aromatic carbocycles. The number of aromatic nitrogens is 3. The van der Waals surface area contributed by atoms with Crippen LogP contribution >= 0.6 is 11.8 Å². The summed E-state index contributed by atoms with van der Waals surface area (Å²) in [6, 6.07) is 8.31. The number of hydrogen-bond donors (Lipinski definition) is 1. The summed E-state index contributed by atoms with van der Waals surface area (Å²) in [5.74, 6) is 0.592. The van der Waals surface area contributed by atoms with Gasteiger partial charge in [0.25, 0.3) is 5.56 Å². The van der Waals surface area contributed by atoms with Crippen LogP contribution in [0, 0.1) is 6.92 Å². The quantitative estimate of drug-likeness (QED) is 0.753. The molecule has 2 aromatic heterocycles. The first-order valence-electron chi connectivity index (χ1n) is 6.37. The zero-order valence-electron chi connectivity index (χ0n) is 11.4. The van der Waals surface area contributed by atoms with Crippen molar-refractivity contribution in [2.24, 2.45) is 0 Å². The van der Waals surface area contributed by atoms with Crippen molar-refractivity contribution in [3.05, 3.63) is 63.8 Å². The van der Waals surface area contributed by atoms with Crippen LogP contribution in [0.1, 0.15) is 16.8 Å². The van der Waals surface area contributed by atoms with E-state index in [1.165, 1.54) is 4.90 Å². The van der Waals surface area contributed by atoms with Gasteiger partial charge in [0.1, 0.15) is 0 Å². The molecule has 0 aliphatic carbocycles. The second kappa shape index (κ2) is 5.17. The molecule has 0 radical (unpaired) electrons. The maximum Gasteiger partial charge on any atom is 0.262 e. The summed E-state index contributed by atoms with van der Waals surface area (Å²) < 4.78 is 1.55. The Kier molecular flexibility index (Phi) is 3.36. The van der Waals surface area contributed by atoms with E-state index in [-0.39, 0.29) is 5.56 Å². The summed E-state index contributed by atoms with van der Waals surface area (Å²) in [7, 11) is 0. The van der Waals surface area contributed by atoms with Crippen LogP contribution in [0.15, 0.2) is 46.3 Å². The van der Waals surface area contributed by atoms with Crippen molar-refractivity contribution in [1.29, 1.82) is 0 Å². The largest absolute Gasteiger partial charge is 0.329 e. The van der Waals surface area contributed by atoms with Crippen molar-refractivity contribution in [3.8, 4) is 0 Å². The molecule has 0 spiro atoms. The van der Waals surface area contributed by atoms with Gasteiger partial charge in [0.2, 0.25) is 5.78 Å². The predicted molar refractivity (Wildman–Crippen MR) is 81.6 cm³/mol. The second-order valence-corrected chi connectivity index (χ2v) is 5.56. The molecule has 0 saturated carbocycles. The molecule has 0 unspecified atom stereocenters. The van der Waals surface area contributed by atoms with Gasteiger partial charge in [-0.05, 0) is 30.9 Å². The van der Waals surface area contributed by atoms with Crippen molar-refractivity contribution in [1.82, 2.24) is 14.4 Å². The summed E-state index contributed by atoms with van der Waals surface area (Å²) in [5, 5.41) is 0. The lowest BCUT2D eigenvalue weighted by Gasteiger charge is -2.07. The molecule has 0 bridgehead atoms. The number of benzene rings is 1. The molecule has 0 amide bonds. The zero-order chi connectivity index (χ0) is 14.1. The van der Waals surface area contributed by atoms with E-state index in [1.807, 2.05) is 6.92 Å². The Morgan fingerprint density at radius 1 is 1.30 bits per heavy atom. The van der Waals surface area contributed by atoms with E-state index in [4.69, 9.17) is 0 Å². The highest BCUT2D eigenvalue weighted by Gasteiger charge is 2.10. The number of thioether (sulfide) groups is 1. The molecular formula is C15H15N3OS. The van der Waals surface area contributed by atoms with Gasteiger partial charge < -0.3 is 4.98 Å². The predicted octanol–water partition coefficient (Wildman–Crippen LogP) is 2.64. The Morgan fingerprint density at radius 3 is 2.75 bits per heavy atom. The minimum Gasteiger partial charge on any atom is -0.329 e. The molecule has 20 heavy (non-hydrogen) atoms. The molecular weight excluding hydrogens is 270 g/mol. The number of nitrogens with zero attached hydrogens (tertiary/aromatic N) is 2. The number of aromatic amines is 1. The average Bonchev–Trinajstić information content (AvgIpc) is 2.92. The molecule has 2 heterocycles. The fraction of sp³-hybridized carbons (Fsp3) is 0.200. The van der Waals surface area contributed by atoms with Gasteiger partial charge in [-0.15, -0.1) is 11.8 Å². The van der Waals surface area contributed by atoms with Crippen LogP contribution in [0.5, 0.6) is 0 Å². The third-order valence-corrected chi connectivity index (χ3v) is 4.15. The minimum atomic E-state index is 0.00249. The van der Waals surface area contributed by atoms with E-state index in [1.54, 1.807) is 28.6 Å². The highest BCUT2D eigenvalue weighted by molar-refractivity contribution is 7.98. The van der Waals surface area contributed by atoms with Gasteiger partial charge in [0, 0.05) is 35.0 Å². The standard InChI is InChI=1S/C15H15N3OS/c1-10-13(9-11-3-5-12(20-2)6-4-11)14(19)18-8-7-16-15(18)17-10/h3-8H,9H2,1-2H3,(H,16,17). The Labute approximate surface area is 120 Å². The molecule has 5 heteroatoms. The Hall–Kier alpha value is -2.01. The van der Waals surface area contributed by atoms with Crippen LogP contribution in [0.2, 0.25) is 0 Å². The van der Waals surface area contributed by atoms with Crippen molar-refractivity contribution in [2.75, 3.05) is 6.26 Å². The summed E-state index contributed by atoms with van der Waals surface area (Å²) in [5.41, 5.74) is 2.80. The number of aryl methyl sites for hydroxylation is 1. The van der Waals surface area contributed by atoms with E-state index < -0.39 is 0 Å². The molecule has 0 fully saturated rings. The van der Waals surface area contributed by atoms with Gasteiger partial charge >= 0.3 is 0 Å². The Morgan fingerprint density at radius 2 is 2.05 bits per heavy atom. The zero-order valence-corrected chi connectivity index (χ0v) is 12.2. The van der Waals surface area contributed by atoms with Gasteiger partial charge in [0.15, 0.2) is 0 Å². The Balaban J connectivity index is 2.03. The highest BCUT2D eigenvalue weighted by atomic mass is 32.2. The topological polar surface area (TPSA) is 50.2 Å². The number of imidazole rings is 1. The monoisotopic (exact) mass is 285 g/mol. The fourth-order valence-corrected chi connectivity index (χ4v) is 2.67. The maximum absolute atomic E-state index is 12.4. The van der Waals surface area contributed by atoms with Crippen LogP contribution < -0.4 is 5.56 Å². The smallest absolute Gasteiger partial charge is 0.262 e. The van der Waals surface area contributed by atoms with E-state index >= 15 is 0 Å². The van der Waals surface area contributed by atoms with Crippen molar-refractivity contribution in [3.63, 3.8) is 0 Å². The normalized spacial score (nSPS) is 11.1. The van der Waals surface area contributed by atoms with Gasteiger partial charge in [-0.3, -0.25) is 9.20 Å². The number of hydrogen-bond acceptors (Lipinski definition) is 3. The SMILES string of the molecule is CSc1ccc(Cc2c(C)[nH]c3nccn3c2=O)cc1. The number of nitrogens with one attached hydrogen (secondary N) is 1. The lowest BCUT2D eigenvalue weighted by molar-refractivity contribution is 0.953. The maximum atomic E-state index is 12.4. The second-order valence-electron chi connectivity index (χ2n) is 4.68. The molecule has 0 saturated heterocycles. The van der Waals surface area contributed by atoms with E-state index in [9.17, 15) is 4.79 Å². The van der Waals surface area contributed by atoms with Gasteiger partial charge in [-0.2, -0.15) is 0 Å². The summed E-state index contributed by atoms with van der Waals surface area (Å²) >= 11 is 1.71. The first-order valence-corrected chi connectivity index (χ1v) is 7.59. The lowest BCUT2D eigenvalue weighted by Crippen LogP contribution is -2.20. The molecule has 1 N–H and O–H groups in total. The third kappa shape index (κ3) is 2.25. The molecule has 0 aliphatic rings. The average molecular weight is 285 g/mol. The van der Waals surface area contributed by atoms with Crippen LogP contribution in [-0.2, 0) is 6.42 Å². The van der Waals surface area contributed by atoms with Crippen molar-refractivity contribution < 1.29 is 0 Å². The number of fused-ring (bicyclic) bond motifs is 1. The molecule has 4 nitrogen and oxygen atoms in total. The van der Waals surface area contributed by atoms with Gasteiger partial charge in [-0.25, -0.2) is 4.98 Å². The van der Waals surface area contributed by atoms with E-state index in [0.29, 0.717) is 12.2 Å². The van der Waals surface area contributed by atoms with Crippen LogP contribution in [0.25, 0.3) is 5.78 Å². The van der Waals surface area contributed by atoms with Crippen LogP contribution in [-0.4, -0.2) is 20.6 Å². The van der Waals surface area contributed by atoms with Crippen LogP contribution in [0.4, 0.5) is 0 Å². The highest BCUT2D eigenvalue weighted by Crippen LogP contribution is 2.17. The first-order chi connectivity index (χ1) is 9.69. The summed E-state index contributed by atoms with van der Waals surface area (Å²) in [4.78, 5) is 20.9.